The van der Waals surface area contributed by atoms with Gasteiger partial charge in [0.05, 0.1) is 0 Å². The van der Waals surface area contributed by atoms with Crippen molar-refractivity contribution >= 4 is 22.5 Å². The molecule has 1 aromatic heterocycles. The predicted octanol–water partition coefficient (Wildman–Crippen LogP) is 4.29. The minimum absolute atomic E-state index is 0.107. The molecule has 1 heterocycles. The molecule has 2 aromatic carbocycles. The molecular formula is C18H18N2O. The van der Waals surface area contributed by atoms with E-state index in [-0.39, 0.29) is 5.91 Å². The van der Waals surface area contributed by atoms with Crippen LogP contribution in [-0.4, -0.2) is 10.9 Å². The third kappa shape index (κ3) is 2.68. The summed E-state index contributed by atoms with van der Waals surface area (Å²) in [6.07, 6.45) is 0.891. The predicted molar refractivity (Wildman–Crippen MR) is 86.8 cm³/mol. The lowest BCUT2D eigenvalue weighted by atomic mass is 10.1. The Morgan fingerprint density at radius 1 is 1.14 bits per heavy atom. The number of H-pyrrole nitrogens is 1. The van der Waals surface area contributed by atoms with Crippen LogP contribution in [0.1, 0.15) is 28.5 Å². The van der Waals surface area contributed by atoms with Crippen LogP contribution in [0.25, 0.3) is 10.9 Å². The van der Waals surface area contributed by atoms with Crippen LogP contribution in [0.4, 0.5) is 5.69 Å². The monoisotopic (exact) mass is 278 g/mol. The summed E-state index contributed by atoms with van der Waals surface area (Å²) in [6.45, 7) is 4.13. The van der Waals surface area contributed by atoms with Crippen LogP contribution < -0.4 is 5.32 Å². The number of benzene rings is 2. The topological polar surface area (TPSA) is 44.9 Å². The Labute approximate surface area is 124 Å². The Kier molecular flexibility index (Phi) is 3.48. The zero-order valence-corrected chi connectivity index (χ0v) is 12.2. The van der Waals surface area contributed by atoms with Crippen LogP contribution in [0, 0.1) is 6.92 Å². The van der Waals surface area contributed by atoms with Crippen LogP contribution in [0.5, 0.6) is 0 Å². The van der Waals surface area contributed by atoms with Crippen molar-refractivity contribution in [3.05, 3.63) is 65.4 Å². The van der Waals surface area contributed by atoms with Gasteiger partial charge in [-0.2, -0.15) is 0 Å². The van der Waals surface area contributed by atoms with E-state index in [1.165, 1.54) is 5.56 Å². The van der Waals surface area contributed by atoms with Gasteiger partial charge >= 0.3 is 0 Å². The molecule has 2 N–H and O–H groups in total. The van der Waals surface area contributed by atoms with Gasteiger partial charge in [0.25, 0.3) is 5.91 Å². The SMILES string of the molecule is CCc1ccccc1NC(=O)c1cc2cc(C)ccc2[nH]1. The molecule has 0 bridgehead atoms. The first-order valence-corrected chi connectivity index (χ1v) is 7.16. The first kappa shape index (κ1) is 13.4. The van der Waals surface area contributed by atoms with E-state index in [0.29, 0.717) is 5.69 Å². The van der Waals surface area contributed by atoms with Gasteiger partial charge in [0.1, 0.15) is 5.69 Å². The molecule has 3 aromatic rings. The molecule has 106 valence electrons. The highest BCUT2D eigenvalue weighted by Gasteiger charge is 2.11. The Bertz CT molecular complexity index is 802. The van der Waals surface area contributed by atoms with Gasteiger partial charge in [-0.3, -0.25) is 4.79 Å². The Morgan fingerprint density at radius 2 is 1.95 bits per heavy atom. The molecule has 0 aliphatic heterocycles. The van der Waals surface area contributed by atoms with E-state index in [1.54, 1.807) is 0 Å². The second-order valence-electron chi connectivity index (χ2n) is 5.24. The fourth-order valence-corrected chi connectivity index (χ4v) is 2.51. The minimum atomic E-state index is -0.107. The molecule has 0 fully saturated rings. The molecule has 0 unspecified atom stereocenters. The van der Waals surface area contributed by atoms with Crippen molar-refractivity contribution in [2.45, 2.75) is 20.3 Å². The fraction of sp³-hybridized carbons (Fsp3) is 0.167. The number of anilines is 1. The van der Waals surface area contributed by atoms with Crippen LogP contribution in [0.2, 0.25) is 0 Å². The van der Waals surface area contributed by atoms with Crippen LogP contribution >= 0.6 is 0 Å². The molecule has 1 amide bonds. The van der Waals surface area contributed by atoms with Crippen molar-refractivity contribution in [1.82, 2.24) is 4.98 Å². The Balaban J connectivity index is 1.90. The number of aryl methyl sites for hydroxylation is 2. The van der Waals surface area contributed by atoms with E-state index >= 15 is 0 Å². The van der Waals surface area contributed by atoms with Crippen molar-refractivity contribution in [2.75, 3.05) is 5.32 Å². The molecule has 0 spiro atoms. The number of fused-ring (bicyclic) bond motifs is 1. The van der Waals surface area contributed by atoms with Gasteiger partial charge in [0.15, 0.2) is 0 Å². The van der Waals surface area contributed by atoms with E-state index in [1.807, 2.05) is 49.4 Å². The molecule has 21 heavy (non-hydrogen) atoms. The van der Waals surface area contributed by atoms with Gasteiger partial charge in [-0.05, 0) is 43.2 Å². The van der Waals surface area contributed by atoms with Gasteiger partial charge in [-0.25, -0.2) is 0 Å². The lowest BCUT2D eigenvalue weighted by Crippen LogP contribution is -2.13. The molecule has 0 saturated heterocycles. The average Bonchev–Trinajstić information content (AvgIpc) is 2.91. The molecular weight excluding hydrogens is 260 g/mol. The quantitative estimate of drug-likeness (QED) is 0.737. The number of aromatic nitrogens is 1. The first-order valence-electron chi connectivity index (χ1n) is 7.16. The smallest absolute Gasteiger partial charge is 0.272 e. The molecule has 0 aliphatic carbocycles. The van der Waals surface area contributed by atoms with Crippen molar-refractivity contribution in [1.29, 1.82) is 0 Å². The highest BCUT2D eigenvalue weighted by atomic mass is 16.1. The molecule has 0 atom stereocenters. The summed E-state index contributed by atoms with van der Waals surface area (Å²) in [7, 11) is 0. The second-order valence-corrected chi connectivity index (χ2v) is 5.24. The van der Waals surface area contributed by atoms with Gasteiger partial charge in [-0.15, -0.1) is 0 Å². The molecule has 0 aliphatic rings. The Hall–Kier alpha value is -2.55. The summed E-state index contributed by atoms with van der Waals surface area (Å²) in [6, 6.07) is 15.9. The highest BCUT2D eigenvalue weighted by Crippen LogP contribution is 2.20. The van der Waals surface area contributed by atoms with Crippen molar-refractivity contribution in [3.63, 3.8) is 0 Å². The van der Waals surface area contributed by atoms with Gasteiger partial charge < -0.3 is 10.3 Å². The third-order valence-electron chi connectivity index (χ3n) is 3.67. The van der Waals surface area contributed by atoms with Crippen LogP contribution in [0.15, 0.2) is 48.5 Å². The van der Waals surface area contributed by atoms with E-state index in [9.17, 15) is 4.79 Å². The highest BCUT2D eigenvalue weighted by molar-refractivity contribution is 6.06. The zero-order chi connectivity index (χ0) is 14.8. The summed E-state index contributed by atoms with van der Waals surface area (Å²) in [4.78, 5) is 15.6. The van der Waals surface area contributed by atoms with E-state index in [2.05, 4.69) is 23.3 Å². The summed E-state index contributed by atoms with van der Waals surface area (Å²) >= 11 is 0. The minimum Gasteiger partial charge on any atom is -0.351 e. The van der Waals surface area contributed by atoms with Crippen LogP contribution in [0.3, 0.4) is 0 Å². The normalized spacial score (nSPS) is 10.8. The maximum Gasteiger partial charge on any atom is 0.272 e. The lowest BCUT2D eigenvalue weighted by Gasteiger charge is -2.08. The number of hydrogen-bond donors (Lipinski definition) is 2. The Morgan fingerprint density at radius 3 is 2.76 bits per heavy atom. The third-order valence-corrected chi connectivity index (χ3v) is 3.67. The largest absolute Gasteiger partial charge is 0.351 e. The summed E-state index contributed by atoms with van der Waals surface area (Å²) in [5.41, 5.74) is 4.76. The van der Waals surface area contributed by atoms with Crippen molar-refractivity contribution in [3.8, 4) is 0 Å². The van der Waals surface area contributed by atoms with Crippen molar-refractivity contribution in [2.24, 2.45) is 0 Å². The van der Waals surface area contributed by atoms with Crippen LogP contribution in [-0.2, 0) is 6.42 Å². The molecule has 3 heteroatoms. The standard InChI is InChI=1S/C18H18N2O/c1-3-13-6-4-5-7-15(13)20-18(21)17-11-14-10-12(2)8-9-16(14)19-17/h4-11,19H,3H2,1-2H3,(H,20,21). The lowest BCUT2D eigenvalue weighted by molar-refractivity contribution is 0.102. The van der Waals surface area contributed by atoms with Crippen molar-refractivity contribution < 1.29 is 4.79 Å². The van der Waals surface area contributed by atoms with Gasteiger partial charge in [-0.1, -0.05) is 36.8 Å². The number of nitrogens with one attached hydrogen (secondary N) is 2. The molecule has 0 saturated carbocycles. The second kappa shape index (κ2) is 5.44. The van der Waals surface area contributed by atoms with E-state index in [4.69, 9.17) is 0 Å². The number of para-hydroxylation sites is 1. The maximum atomic E-state index is 12.4. The molecule has 3 nitrogen and oxygen atoms in total. The molecule has 0 radical (unpaired) electrons. The molecule has 3 rings (SSSR count). The number of amides is 1. The first-order chi connectivity index (χ1) is 10.2. The number of hydrogen-bond acceptors (Lipinski definition) is 1. The van der Waals surface area contributed by atoms with Gasteiger partial charge in [0.2, 0.25) is 0 Å². The van der Waals surface area contributed by atoms with Gasteiger partial charge in [0, 0.05) is 16.6 Å². The summed E-state index contributed by atoms with van der Waals surface area (Å²) in [5, 5.41) is 4.04. The number of rotatable bonds is 3. The number of carbonyl (C=O) groups excluding carboxylic acids is 1. The average molecular weight is 278 g/mol. The zero-order valence-electron chi connectivity index (χ0n) is 12.2. The number of aromatic amines is 1. The fourth-order valence-electron chi connectivity index (χ4n) is 2.51. The van der Waals surface area contributed by atoms with E-state index in [0.717, 1.165) is 28.6 Å². The maximum absolute atomic E-state index is 12.4. The number of carbonyl (C=O) groups is 1. The van der Waals surface area contributed by atoms with E-state index < -0.39 is 0 Å². The summed E-state index contributed by atoms with van der Waals surface area (Å²) < 4.78 is 0. The summed E-state index contributed by atoms with van der Waals surface area (Å²) in [5.74, 6) is -0.107.